The van der Waals surface area contributed by atoms with Gasteiger partial charge in [-0.1, -0.05) is 6.92 Å². The second kappa shape index (κ2) is 8.28. The fourth-order valence-electron chi connectivity index (χ4n) is 3.62. The van der Waals surface area contributed by atoms with Crippen LogP contribution < -0.4 is 5.32 Å². The van der Waals surface area contributed by atoms with Crippen molar-refractivity contribution in [2.24, 2.45) is 18.9 Å². The summed E-state index contributed by atoms with van der Waals surface area (Å²) in [6.07, 6.45) is 4.26. The molecule has 0 spiro atoms. The van der Waals surface area contributed by atoms with Gasteiger partial charge in [0.25, 0.3) is 0 Å². The highest BCUT2D eigenvalue weighted by Gasteiger charge is 2.32. The highest BCUT2D eigenvalue weighted by Crippen LogP contribution is 2.34. The van der Waals surface area contributed by atoms with E-state index in [0.717, 1.165) is 25.1 Å². The van der Waals surface area contributed by atoms with Crippen molar-refractivity contribution in [3.05, 3.63) is 18.0 Å². The van der Waals surface area contributed by atoms with Crippen LogP contribution in [0, 0.1) is 11.8 Å². The van der Waals surface area contributed by atoms with Crippen molar-refractivity contribution in [1.82, 2.24) is 20.0 Å². The summed E-state index contributed by atoms with van der Waals surface area (Å²) < 4.78 is 1.90. The van der Waals surface area contributed by atoms with Gasteiger partial charge >= 0.3 is 5.97 Å². The van der Waals surface area contributed by atoms with Crippen LogP contribution in [0.25, 0.3) is 0 Å². The third-order valence-corrected chi connectivity index (χ3v) is 4.79. The highest BCUT2D eigenvalue weighted by molar-refractivity contribution is 5.77. The number of nitrogens with zero attached hydrogens (tertiary/aromatic N) is 3. The minimum absolute atomic E-state index is 0.0250. The Kier molecular flexibility index (Phi) is 6.36. The first kappa shape index (κ1) is 18.4. The lowest BCUT2D eigenvalue weighted by molar-refractivity contribution is -0.138. The molecule has 7 nitrogen and oxygen atoms in total. The molecule has 0 radical (unpaired) electrons. The van der Waals surface area contributed by atoms with E-state index in [1.54, 1.807) is 13.1 Å². The topological polar surface area (TPSA) is 87.5 Å². The maximum atomic E-state index is 12.1. The van der Waals surface area contributed by atoms with Gasteiger partial charge in [-0.2, -0.15) is 5.10 Å². The van der Waals surface area contributed by atoms with Gasteiger partial charge in [0.15, 0.2) is 0 Å². The molecule has 2 heterocycles. The lowest BCUT2D eigenvalue weighted by Crippen LogP contribution is -2.42. The number of nitrogens with one attached hydrogen (secondary N) is 1. The molecule has 2 rings (SSSR count). The molecule has 1 saturated heterocycles. The molecule has 0 aliphatic carbocycles. The number of piperidine rings is 1. The average molecular weight is 336 g/mol. The van der Waals surface area contributed by atoms with Crippen LogP contribution in [-0.2, 0) is 16.6 Å². The molecule has 1 aromatic rings. The smallest absolute Gasteiger partial charge is 0.303 e. The van der Waals surface area contributed by atoms with Gasteiger partial charge < -0.3 is 10.4 Å². The van der Waals surface area contributed by atoms with Crippen LogP contribution in [0.1, 0.15) is 44.3 Å². The fraction of sp³-hybridized carbons (Fsp3) is 0.706. The SMILES string of the molecule is CC(CC(=O)O)CC(=O)NC[C@@H]1CCCN(C)[C@H]1c1ccnn1C. The molecular formula is C17H28N4O3. The molecule has 1 aromatic heterocycles. The van der Waals surface area contributed by atoms with Crippen LogP contribution in [0.15, 0.2) is 12.3 Å². The summed E-state index contributed by atoms with van der Waals surface area (Å²) in [7, 11) is 4.06. The van der Waals surface area contributed by atoms with Crippen LogP contribution in [0.2, 0.25) is 0 Å². The van der Waals surface area contributed by atoms with Gasteiger partial charge in [-0.25, -0.2) is 0 Å². The van der Waals surface area contributed by atoms with E-state index in [4.69, 9.17) is 5.11 Å². The van der Waals surface area contributed by atoms with E-state index in [2.05, 4.69) is 22.4 Å². The predicted molar refractivity (Wildman–Crippen MR) is 90.3 cm³/mol. The number of carbonyl (C=O) groups is 2. The Hall–Kier alpha value is -1.89. The summed E-state index contributed by atoms with van der Waals surface area (Å²) in [4.78, 5) is 25.1. The van der Waals surface area contributed by atoms with Gasteiger partial charge in [0.1, 0.15) is 0 Å². The Balaban J connectivity index is 1.93. The summed E-state index contributed by atoms with van der Waals surface area (Å²) in [5, 5.41) is 16.1. The zero-order valence-corrected chi connectivity index (χ0v) is 14.7. The van der Waals surface area contributed by atoms with E-state index in [0.29, 0.717) is 12.5 Å². The first-order chi connectivity index (χ1) is 11.4. The number of likely N-dealkylation sites (tertiary alicyclic amines) is 1. The van der Waals surface area contributed by atoms with Crippen molar-refractivity contribution in [2.75, 3.05) is 20.1 Å². The number of hydrogen-bond donors (Lipinski definition) is 2. The molecule has 1 unspecified atom stereocenters. The van der Waals surface area contributed by atoms with Gasteiger partial charge in [-0.3, -0.25) is 19.2 Å². The molecule has 0 saturated carbocycles. The van der Waals surface area contributed by atoms with Crippen LogP contribution >= 0.6 is 0 Å². The molecule has 7 heteroatoms. The first-order valence-corrected chi connectivity index (χ1v) is 8.55. The molecule has 0 aromatic carbocycles. The second-order valence-corrected chi connectivity index (χ2v) is 6.92. The minimum Gasteiger partial charge on any atom is -0.481 e. The maximum absolute atomic E-state index is 12.1. The average Bonchev–Trinajstić information content (AvgIpc) is 2.90. The normalized spacial score (nSPS) is 23.0. The Morgan fingerprint density at radius 3 is 2.79 bits per heavy atom. The van der Waals surface area contributed by atoms with Crippen molar-refractivity contribution >= 4 is 11.9 Å². The van der Waals surface area contributed by atoms with E-state index in [9.17, 15) is 9.59 Å². The molecular weight excluding hydrogens is 308 g/mol. The molecule has 0 bridgehead atoms. The van der Waals surface area contributed by atoms with Crippen molar-refractivity contribution in [2.45, 2.75) is 38.6 Å². The van der Waals surface area contributed by atoms with Crippen LogP contribution in [-0.4, -0.2) is 51.8 Å². The number of aryl methyl sites for hydroxylation is 1. The first-order valence-electron chi connectivity index (χ1n) is 8.55. The monoisotopic (exact) mass is 336 g/mol. The van der Waals surface area contributed by atoms with Crippen molar-refractivity contribution in [3.63, 3.8) is 0 Å². The van der Waals surface area contributed by atoms with Gasteiger partial charge in [-0.15, -0.1) is 0 Å². The van der Waals surface area contributed by atoms with E-state index in [1.165, 1.54) is 0 Å². The minimum atomic E-state index is -0.861. The molecule has 134 valence electrons. The van der Waals surface area contributed by atoms with E-state index in [-0.39, 0.29) is 30.7 Å². The molecule has 3 atom stereocenters. The van der Waals surface area contributed by atoms with Crippen LogP contribution in [0.4, 0.5) is 0 Å². The largest absolute Gasteiger partial charge is 0.481 e. The van der Waals surface area contributed by atoms with Crippen molar-refractivity contribution < 1.29 is 14.7 Å². The maximum Gasteiger partial charge on any atom is 0.303 e. The van der Waals surface area contributed by atoms with E-state index >= 15 is 0 Å². The Labute approximate surface area is 143 Å². The molecule has 1 fully saturated rings. The number of aliphatic carboxylic acids is 1. The summed E-state index contributed by atoms with van der Waals surface area (Å²) in [6, 6.07) is 2.28. The van der Waals surface area contributed by atoms with Crippen LogP contribution in [0.3, 0.4) is 0 Å². The zero-order chi connectivity index (χ0) is 17.7. The summed E-state index contributed by atoms with van der Waals surface area (Å²) in [5.41, 5.74) is 1.16. The van der Waals surface area contributed by atoms with E-state index in [1.807, 2.05) is 17.8 Å². The Morgan fingerprint density at radius 1 is 1.42 bits per heavy atom. The Morgan fingerprint density at radius 2 is 2.17 bits per heavy atom. The van der Waals surface area contributed by atoms with Gasteiger partial charge in [0.05, 0.1) is 11.7 Å². The quantitative estimate of drug-likeness (QED) is 0.786. The van der Waals surface area contributed by atoms with Crippen molar-refractivity contribution in [3.8, 4) is 0 Å². The van der Waals surface area contributed by atoms with Gasteiger partial charge in [0.2, 0.25) is 5.91 Å². The second-order valence-electron chi connectivity index (χ2n) is 6.92. The Bertz CT molecular complexity index is 572. The van der Waals surface area contributed by atoms with Gasteiger partial charge in [0, 0.05) is 32.6 Å². The molecule has 1 amide bonds. The van der Waals surface area contributed by atoms with Gasteiger partial charge in [-0.05, 0) is 44.3 Å². The third-order valence-electron chi connectivity index (χ3n) is 4.79. The molecule has 1 aliphatic rings. The lowest BCUT2D eigenvalue weighted by Gasteiger charge is -2.39. The highest BCUT2D eigenvalue weighted by atomic mass is 16.4. The fourth-order valence-corrected chi connectivity index (χ4v) is 3.62. The summed E-state index contributed by atoms with van der Waals surface area (Å²) in [5.74, 6) is -0.747. The molecule has 2 N–H and O–H groups in total. The number of hydrogen-bond acceptors (Lipinski definition) is 4. The third kappa shape index (κ3) is 4.80. The number of carboxylic acid groups (broad SMARTS) is 1. The summed E-state index contributed by atoms with van der Waals surface area (Å²) >= 11 is 0. The van der Waals surface area contributed by atoms with E-state index < -0.39 is 5.97 Å². The number of carbonyl (C=O) groups excluding carboxylic acids is 1. The predicted octanol–water partition coefficient (Wildman–Crippen LogP) is 1.42. The van der Waals surface area contributed by atoms with Crippen LogP contribution in [0.5, 0.6) is 0 Å². The number of rotatable bonds is 7. The summed E-state index contributed by atoms with van der Waals surface area (Å²) in [6.45, 7) is 3.44. The standard InChI is InChI=1S/C17H28N4O3/c1-12(10-16(23)24)9-15(22)18-11-13-5-4-8-20(2)17(13)14-6-7-19-21(14)3/h6-7,12-13,17H,4-5,8-11H2,1-3H3,(H,18,22)(H,23,24)/t12?,13-,17+/m0/s1. The number of aromatic nitrogens is 2. The lowest BCUT2D eigenvalue weighted by atomic mass is 9.87. The van der Waals surface area contributed by atoms with Crippen molar-refractivity contribution in [1.29, 1.82) is 0 Å². The number of amides is 1. The molecule has 1 aliphatic heterocycles. The zero-order valence-electron chi connectivity index (χ0n) is 14.7. The molecule has 24 heavy (non-hydrogen) atoms. The number of carboxylic acids is 1.